The van der Waals surface area contributed by atoms with E-state index in [9.17, 15) is 48.3 Å². The summed E-state index contributed by atoms with van der Waals surface area (Å²) in [7, 11) is -4.20. The van der Waals surface area contributed by atoms with E-state index in [0.29, 0.717) is 0 Å². The Hall–Kier alpha value is -1.12. The minimum Gasteiger partial charge on any atom is -0.251 e. The van der Waals surface area contributed by atoms with Crippen molar-refractivity contribution >= 4 is 13.2 Å². The number of alkyl halides is 11. The van der Waals surface area contributed by atoms with Gasteiger partial charge in [-0.05, 0) is 25.0 Å². The molecule has 29 heavy (non-hydrogen) atoms. The number of hydrogen-bond acceptors (Lipinski definition) is 0. The second-order valence-corrected chi connectivity index (χ2v) is 8.89. The van der Waals surface area contributed by atoms with Gasteiger partial charge in [0.1, 0.15) is 20.3 Å². The van der Waals surface area contributed by atoms with Crippen LogP contribution in [0.4, 0.5) is 48.3 Å². The average molecular weight is 463 g/mol. The first kappa shape index (κ1) is 25.9. The summed E-state index contributed by atoms with van der Waals surface area (Å²) in [5.74, 6) is 0. The van der Waals surface area contributed by atoms with Crippen molar-refractivity contribution in [3.8, 4) is 0 Å². The van der Waals surface area contributed by atoms with E-state index in [1.54, 1.807) is 0 Å². The second kappa shape index (κ2) is 10.8. The van der Waals surface area contributed by atoms with Crippen molar-refractivity contribution in [3.63, 3.8) is 0 Å². The fraction of sp³-hybridized carbons (Fsp3) is 0.647. The minimum absolute atomic E-state index is 0.511. The fourth-order valence-electron chi connectivity index (χ4n) is 2.55. The summed E-state index contributed by atoms with van der Waals surface area (Å²) in [5.41, 5.74) is -5.40. The quantitative estimate of drug-likeness (QED) is 0.274. The molecule has 1 rings (SSSR count). The van der Waals surface area contributed by atoms with E-state index in [1.165, 1.54) is 6.07 Å². The van der Waals surface area contributed by atoms with Crippen molar-refractivity contribution in [3.05, 3.63) is 30.3 Å². The molecule has 0 fully saturated rings. The molecule has 12 heteroatoms. The summed E-state index contributed by atoms with van der Waals surface area (Å²) in [5, 5.41) is -0.590. The van der Waals surface area contributed by atoms with Crippen LogP contribution < -0.4 is 5.30 Å². The topological polar surface area (TPSA) is 0 Å². The Kier molecular flexibility index (Phi) is 9.63. The van der Waals surface area contributed by atoms with Gasteiger partial charge in [-0.3, -0.25) is 4.39 Å². The monoisotopic (exact) mass is 463 g/mol. The SMILES string of the molecule is FCCCC(F)C(F)C(F)C(F)C(F)C[PH+](c1ccccc1)C(F)(F)C(F)(F)F. The molecule has 0 spiro atoms. The van der Waals surface area contributed by atoms with Gasteiger partial charge in [0, 0.05) is 0 Å². The van der Waals surface area contributed by atoms with Crippen LogP contribution in [0.3, 0.4) is 0 Å². The Morgan fingerprint density at radius 1 is 0.759 bits per heavy atom. The molecule has 0 aliphatic rings. The van der Waals surface area contributed by atoms with Crippen LogP contribution in [0.2, 0.25) is 0 Å². The van der Waals surface area contributed by atoms with Crippen LogP contribution in [0.1, 0.15) is 12.8 Å². The summed E-state index contributed by atoms with van der Waals surface area (Å²) in [4.78, 5) is 0. The van der Waals surface area contributed by atoms with Crippen molar-refractivity contribution in [1.29, 1.82) is 0 Å². The summed E-state index contributed by atoms with van der Waals surface area (Å²) < 4.78 is 147. The normalized spacial score (nSPS) is 19.3. The van der Waals surface area contributed by atoms with E-state index in [0.717, 1.165) is 24.3 Å². The molecule has 0 aromatic heterocycles. The van der Waals surface area contributed by atoms with Crippen LogP contribution in [0.15, 0.2) is 30.3 Å². The zero-order chi connectivity index (χ0) is 22.4. The molecule has 0 aliphatic carbocycles. The van der Waals surface area contributed by atoms with Gasteiger partial charge < -0.3 is 0 Å². The average Bonchev–Trinajstić information content (AvgIpc) is 2.67. The standard InChI is InChI=1S/C17H18F11P/c18-8-4-7-11(19)13(21)15(23)14(22)12(20)9-29(10-5-2-1-3-6-10)17(27,28)16(24,25)26/h1-3,5-6,11-15H,4,7-9H2/p+1. The number of hydrogen-bond donors (Lipinski definition) is 0. The molecular weight excluding hydrogens is 444 g/mol. The predicted molar refractivity (Wildman–Crippen MR) is 89.9 cm³/mol. The van der Waals surface area contributed by atoms with Crippen LogP contribution in [0.25, 0.3) is 0 Å². The Labute approximate surface area is 161 Å². The first-order valence-electron chi connectivity index (χ1n) is 8.47. The number of halogens is 11. The predicted octanol–water partition coefficient (Wildman–Crippen LogP) is 6.12. The van der Waals surface area contributed by atoms with Gasteiger partial charge >= 0.3 is 11.8 Å². The second-order valence-electron chi connectivity index (χ2n) is 6.32. The lowest BCUT2D eigenvalue weighted by Gasteiger charge is -2.26. The molecule has 0 nitrogen and oxygen atoms in total. The van der Waals surface area contributed by atoms with Gasteiger partial charge in [-0.1, -0.05) is 18.2 Å². The zero-order valence-electron chi connectivity index (χ0n) is 14.8. The molecule has 6 atom stereocenters. The van der Waals surface area contributed by atoms with Gasteiger partial charge in [-0.2, -0.15) is 22.0 Å². The van der Waals surface area contributed by atoms with Gasteiger partial charge in [0.25, 0.3) is 0 Å². The fourth-order valence-corrected chi connectivity index (χ4v) is 4.96. The molecular formula is C17H19F11P+. The summed E-state index contributed by atoms with van der Waals surface area (Å²) >= 11 is 0. The maximum absolute atomic E-state index is 14.1. The van der Waals surface area contributed by atoms with E-state index < -0.39 is 81.6 Å². The third-order valence-electron chi connectivity index (χ3n) is 4.17. The van der Waals surface area contributed by atoms with E-state index in [2.05, 4.69) is 0 Å². The lowest BCUT2D eigenvalue weighted by Crippen LogP contribution is -2.43. The Morgan fingerprint density at radius 3 is 1.76 bits per heavy atom. The van der Waals surface area contributed by atoms with Crippen LogP contribution in [-0.4, -0.2) is 55.5 Å². The molecule has 1 aromatic rings. The minimum atomic E-state index is -6.07. The van der Waals surface area contributed by atoms with E-state index in [1.807, 2.05) is 0 Å². The molecule has 0 N–H and O–H groups in total. The molecule has 0 saturated heterocycles. The number of benzene rings is 1. The Morgan fingerprint density at radius 2 is 1.28 bits per heavy atom. The maximum atomic E-state index is 14.1. The van der Waals surface area contributed by atoms with Gasteiger partial charge in [-0.25, -0.2) is 22.0 Å². The molecule has 0 aliphatic heterocycles. The van der Waals surface area contributed by atoms with E-state index in [4.69, 9.17) is 0 Å². The highest BCUT2D eigenvalue weighted by atomic mass is 31.1. The van der Waals surface area contributed by atoms with Gasteiger partial charge in [0.15, 0.2) is 24.7 Å². The molecule has 6 unspecified atom stereocenters. The lowest BCUT2D eigenvalue weighted by atomic mass is 10.0. The highest BCUT2D eigenvalue weighted by molar-refractivity contribution is 7.66. The van der Waals surface area contributed by atoms with Crippen LogP contribution in [0.5, 0.6) is 0 Å². The lowest BCUT2D eigenvalue weighted by molar-refractivity contribution is -0.240. The van der Waals surface area contributed by atoms with Gasteiger partial charge in [0.2, 0.25) is 0 Å². The molecule has 0 radical (unpaired) electrons. The summed E-state index contributed by atoms with van der Waals surface area (Å²) in [6.45, 7) is -1.07. The summed E-state index contributed by atoms with van der Waals surface area (Å²) in [6, 6.07) is 5.26. The van der Waals surface area contributed by atoms with Crippen LogP contribution in [0, 0.1) is 0 Å². The smallest absolute Gasteiger partial charge is 0.251 e. The summed E-state index contributed by atoms with van der Waals surface area (Å²) in [6.07, 6.45) is -25.2. The molecule has 0 heterocycles. The third kappa shape index (κ3) is 6.69. The van der Waals surface area contributed by atoms with Crippen LogP contribution in [-0.2, 0) is 0 Å². The third-order valence-corrected chi connectivity index (χ3v) is 7.04. The Bertz CT molecular complexity index is 595. The van der Waals surface area contributed by atoms with Crippen molar-refractivity contribution in [2.24, 2.45) is 0 Å². The van der Waals surface area contributed by atoms with E-state index in [-0.39, 0.29) is 0 Å². The number of rotatable bonds is 11. The van der Waals surface area contributed by atoms with Crippen LogP contribution >= 0.6 is 7.92 Å². The molecule has 1 aromatic carbocycles. The molecule has 168 valence electrons. The molecule has 0 bridgehead atoms. The molecule has 0 saturated carbocycles. The zero-order valence-corrected chi connectivity index (χ0v) is 15.8. The highest BCUT2D eigenvalue weighted by Gasteiger charge is 2.69. The first-order chi connectivity index (χ1) is 13.3. The van der Waals surface area contributed by atoms with Crippen molar-refractivity contribution in [2.45, 2.75) is 55.5 Å². The Balaban J connectivity index is 3.01. The van der Waals surface area contributed by atoms with E-state index >= 15 is 0 Å². The molecule has 0 amide bonds. The van der Waals surface area contributed by atoms with Gasteiger partial charge in [0.05, 0.1) is 12.0 Å². The first-order valence-corrected chi connectivity index (χ1v) is 10.2. The maximum Gasteiger partial charge on any atom is 0.493 e. The highest BCUT2D eigenvalue weighted by Crippen LogP contribution is 2.59. The largest absolute Gasteiger partial charge is 0.493 e. The van der Waals surface area contributed by atoms with Crippen molar-refractivity contribution in [2.75, 3.05) is 12.8 Å². The van der Waals surface area contributed by atoms with Crippen molar-refractivity contribution < 1.29 is 48.3 Å². The van der Waals surface area contributed by atoms with Crippen molar-refractivity contribution in [1.82, 2.24) is 0 Å². The van der Waals surface area contributed by atoms with Gasteiger partial charge in [-0.15, -0.1) is 0 Å².